The summed E-state index contributed by atoms with van der Waals surface area (Å²) in [5, 5.41) is 1.08. The van der Waals surface area contributed by atoms with Gasteiger partial charge in [0.1, 0.15) is 5.75 Å². The van der Waals surface area contributed by atoms with Crippen molar-refractivity contribution in [3.05, 3.63) is 52.5 Å². The highest BCUT2D eigenvalue weighted by Gasteiger charge is 2.28. The number of hydrogen-bond acceptors (Lipinski definition) is 2. The number of carbonyl (C=O) groups is 1. The normalized spacial score (nSPS) is 11.2. The van der Waals surface area contributed by atoms with Gasteiger partial charge in [-0.2, -0.15) is 0 Å². The molecule has 5 heteroatoms. The third kappa shape index (κ3) is 3.49. The van der Waals surface area contributed by atoms with E-state index in [0.29, 0.717) is 15.8 Å². The lowest BCUT2D eigenvalue weighted by atomic mass is 10.0. The predicted molar refractivity (Wildman–Crippen MR) is 85.8 cm³/mol. The number of rotatable bonds is 4. The van der Waals surface area contributed by atoms with Crippen LogP contribution in [0.3, 0.4) is 0 Å². The molecule has 0 heterocycles. The molecule has 2 aromatic rings. The second-order valence-corrected chi connectivity index (χ2v) is 5.92. The second kappa shape index (κ2) is 5.96. The van der Waals surface area contributed by atoms with Crippen molar-refractivity contribution in [2.75, 3.05) is 0 Å². The van der Waals surface area contributed by atoms with E-state index in [2.05, 4.69) is 0 Å². The van der Waals surface area contributed by atoms with E-state index < -0.39 is 11.5 Å². The molecular weight excluding hydrogens is 309 g/mol. The fourth-order valence-corrected chi connectivity index (χ4v) is 2.17. The zero-order chi connectivity index (χ0) is 15.6. The summed E-state index contributed by atoms with van der Waals surface area (Å²) in [5.74, 6) is -0.150. The van der Waals surface area contributed by atoms with Crippen molar-refractivity contribution >= 4 is 29.1 Å². The van der Waals surface area contributed by atoms with Crippen LogP contribution in [-0.2, 0) is 4.79 Å². The quantitative estimate of drug-likeness (QED) is 0.911. The van der Waals surface area contributed by atoms with Gasteiger partial charge in [-0.1, -0.05) is 47.5 Å². The fraction of sp³-hybridized carbons (Fsp3) is 0.188. The van der Waals surface area contributed by atoms with Crippen LogP contribution in [0, 0.1) is 0 Å². The van der Waals surface area contributed by atoms with E-state index in [9.17, 15) is 4.79 Å². The number of halogens is 2. The average Bonchev–Trinajstić information content (AvgIpc) is 2.42. The molecule has 0 aliphatic carbocycles. The van der Waals surface area contributed by atoms with Gasteiger partial charge in [0, 0.05) is 10.6 Å². The molecule has 0 aliphatic heterocycles. The predicted octanol–water partition coefficient (Wildman–Crippen LogP) is 4.30. The Morgan fingerprint density at radius 1 is 1.10 bits per heavy atom. The van der Waals surface area contributed by atoms with Crippen LogP contribution in [0.2, 0.25) is 10.0 Å². The molecule has 0 fully saturated rings. The van der Waals surface area contributed by atoms with Crippen LogP contribution >= 0.6 is 23.2 Å². The van der Waals surface area contributed by atoms with E-state index >= 15 is 0 Å². The van der Waals surface area contributed by atoms with Gasteiger partial charge in [0.05, 0.1) is 5.02 Å². The molecule has 0 saturated heterocycles. The molecule has 0 spiro atoms. The lowest BCUT2D eigenvalue weighted by Gasteiger charge is -2.24. The van der Waals surface area contributed by atoms with Gasteiger partial charge >= 0.3 is 0 Å². The highest BCUT2D eigenvalue weighted by Crippen LogP contribution is 2.37. The van der Waals surface area contributed by atoms with Crippen LogP contribution in [0.5, 0.6) is 5.75 Å². The minimum absolute atomic E-state index is 0.410. The standard InChI is InChI=1S/C16H15Cl2NO2/c1-16(2,15(19)20)21-13-5-3-4-12(14(13)18)10-6-8-11(17)9-7-10/h3-9H,1-2H3,(H2,19,20). The Labute approximate surface area is 133 Å². The van der Waals surface area contributed by atoms with Gasteiger partial charge in [0.15, 0.2) is 5.60 Å². The summed E-state index contributed by atoms with van der Waals surface area (Å²) in [7, 11) is 0. The van der Waals surface area contributed by atoms with E-state index in [0.717, 1.165) is 11.1 Å². The third-order valence-corrected chi connectivity index (χ3v) is 3.72. The zero-order valence-electron chi connectivity index (χ0n) is 11.7. The first-order chi connectivity index (χ1) is 9.81. The number of hydrogen-bond donors (Lipinski definition) is 1. The highest BCUT2D eigenvalue weighted by atomic mass is 35.5. The lowest BCUT2D eigenvalue weighted by molar-refractivity contribution is -0.130. The lowest BCUT2D eigenvalue weighted by Crippen LogP contribution is -2.43. The monoisotopic (exact) mass is 323 g/mol. The smallest absolute Gasteiger partial charge is 0.261 e. The SMILES string of the molecule is CC(C)(Oc1cccc(-c2ccc(Cl)cc2)c1Cl)C(N)=O. The van der Waals surface area contributed by atoms with E-state index in [-0.39, 0.29) is 0 Å². The summed E-state index contributed by atoms with van der Waals surface area (Å²) >= 11 is 12.3. The van der Waals surface area contributed by atoms with Crippen molar-refractivity contribution < 1.29 is 9.53 Å². The van der Waals surface area contributed by atoms with Crippen molar-refractivity contribution in [3.8, 4) is 16.9 Å². The molecule has 110 valence electrons. The number of amides is 1. The first kappa shape index (κ1) is 15.7. The van der Waals surface area contributed by atoms with Crippen LogP contribution in [0.25, 0.3) is 11.1 Å². The summed E-state index contributed by atoms with van der Waals surface area (Å²) in [4.78, 5) is 11.4. The van der Waals surface area contributed by atoms with Crippen LogP contribution < -0.4 is 10.5 Å². The summed E-state index contributed by atoms with van der Waals surface area (Å²) < 4.78 is 5.65. The average molecular weight is 324 g/mol. The number of ether oxygens (including phenoxy) is 1. The summed E-state index contributed by atoms with van der Waals surface area (Å²) in [5.41, 5.74) is 5.88. The van der Waals surface area contributed by atoms with Gasteiger partial charge in [-0.3, -0.25) is 4.79 Å². The largest absolute Gasteiger partial charge is 0.476 e. The Balaban J connectivity index is 2.41. The molecule has 2 N–H and O–H groups in total. The molecule has 2 aromatic carbocycles. The zero-order valence-corrected chi connectivity index (χ0v) is 13.2. The summed E-state index contributed by atoms with van der Waals surface area (Å²) in [6.45, 7) is 3.20. The van der Waals surface area contributed by atoms with Gasteiger partial charge in [-0.15, -0.1) is 0 Å². The Hall–Kier alpha value is -1.71. The maximum atomic E-state index is 11.4. The molecule has 0 atom stereocenters. The van der Waals surface area contributed by atoms with Crippen molar-refractivity contribution in [2.45, 2.75) is 19.4 Å². The van der Waals surface area contributed by atoms with E-state index in [1.807, 2.05) is 24.3 Å². The van der Waals surface area contributed by atoms with Gasteiger partial charge < -0.3 is 10.5 Å². The summed E-state index contributed by atoms with van der Waals surface area (Å²) in [6, 6.07) is 12.7. The Morgan fingerprint density at radius 3 is 2.29 bits per heavy atom. The van der Waals surface area contributed by atoms with Gasteiger partial charge in [0.25, 0.3) is 5.91 Å². The van der Waals surface area contributed by atoms with Crippen LogP contribution in [0.15, 0.2) is 42.5 Å². The molecule has 0 radical (unpaired) electrons. The topological polar surface area (TPSA) is 52.3 Å². The second-order valence-electron chi connectivity index (χ2n) is 5.10. The molecule has 0 unspecified atom stereocenters. The van der Waals surface area contributed by atoms with E-state index in [1.165, 1.54) is 0 Å². The van der Waals surface area contributed by atoms with Crippen LogP contribution in [0.4, 0.5) is 0 Å². The number of carbonyl (C=O) groups excluding carboxylic acids is 1. The maximum absolute atomic E-state index is 11.4. The summed E-state index contributed by atoms with van der Waals surface area (Å²) in [6.07, 6.45) is 0. The van der Waals surface area contributed by atoms with Gasteiger partial charge in [-0.05, 0) is 37.6 Å². The number of benzene rings is 2. The van der Waals surface area contributed by atoms with Crippen LogP contribution in [0.1, 0.15) is 13.8 Å². The third-order valence-electron chi connectivity index (χ3n) is 3.08. The molecular formula is C16H15Cl2NO2. The van der Waals surface area contributed by atoms with Gasteiger partial charge in [0.2, 0.25) is 0 Å². The molecule has 0 bridgehead atoms. The van der Waals surface area contributed by atoms with Crippen molar-refractivity contribution in [2.24, 2.45) is 5.73 Å². The molecule has 0 aliphatic rings. The number of nitrogens with two attached hydrogens (primary N) is 1. The molecule has 0 aromatic heterocycles. The highest BCUT2D eigenvalue weighted by molar-refractivity contribution is 6.35. The first-order valence-corrected chi connectivity index (χ1v) is 7.10. The van der Waals surface area contributed by atoms with Crippen molar-refractivity contribution in [1.82, 2.24) is 0 Å². The molecule has 2 rings (SSSR count). The molecule has 1 amide bonds. The van der Waals surface area contributed by atoms with E-state index in [4.69, 9.17) is 33.7 Å². The fourth-order valence-electron chi connectivity index (χ4n) is 1.77. The van der Waals surface area contributed by atoms with Crippen LogP contribution in [-0.4, -0.2) is 11.5 Å². The van der Waals surface area contributed by atoms with Gasteiger partial charge in [-0.25, -0.2) is 0 Å². The Bertz CT molecular complexity index is 666. The van der Waals surface area contributed by atoms with Crippen molar-refractivity contribution in [3.63, 3.8) is 0 Å². The number of primary amides is 1. The Morgan fingerprint density at radius 2 is 1.71 bits per heavy atom. The molecule has 21 heavy (non-hydrogen) atoms. The molecule has 3 nitrogen and oxygen atoms in total. The minimum Gasteiger partial charge on any atom is -0.476 e. The van der Waals surface area contributed by atoms with Crippen molar-refractivity contribution in [1.29, 1.82) is 0 Å². The van der Waals surface area contributed by atoms with E-state index in [1.54, 1.807) is 32.0 Å². The molecule has 0 saturated carbocycles. The maximum Gasteiger partial charge on any atom is 0.261 e. The minimum atomic E-state index is -1.14. The Kier molecular flexibility index (Phi) is 4.45. The first-order valence-electron chi connectivity index (χ1n) is 6.34.